The van der Waals surface area contributed by atoms with Crippen molar-refractivity contribution in [2.75, 3.05) is 12.3 Å². The second-order valence-corrected chi connectivity index (χ2v) is 7.90. The van der Waals surface area contributed by atoms with Crippen LogP contribution in [0.2, 0.25) is 0 Å². The molecular weight excluding hydrogens is 374 g/mol. The van der Waals surface area contributed by atoms with Crippen LogP contribution >= 0.6 is 15.9 Å². The maximum atomic E-state index is 12.4. The maximum absolute atomic E-state index is 12.4. The molecule has 0 atom stereocenters. The van der Waals surface area contributed by atoms with Crippen molar-refractivity contribution in [1.29, 1.82) is 0 Å². The van der Waals surface area contributed by atoms with Crippen LogP contribution in [-0.4, -0.2) is 40.5 Å². The minimum absolute atomic E-state index is 0.0312. The molecule has 2 heterocycles. The van der Waals surface area contributed by atoms with Crippen LogP contribution in [0.4, 0.5) is 0 Å². The number of hydrogen-bond acceptors (Lipinski definition) is 5. The molecule has 2 aromatic rings. The Morgan fingerprint density at radius 3 is 2.82 bits per heavy atom. The van der Waals surface area contributed by atoms with Gasteiger partial charge in [-0.2, -0.15) is 0 Å². The molecule has 1 saturated heterocycles. The summed E-state index contributed by atoms with van der Waals surface area (Å²) < 4.78 is 26.2. The van der Waals surface area contributed by atoms with Crippen molar-refractivity contribution in [3.05, 3.63) is 39.4 Å². The van der Waals surface area contributed by atoms with E-state index >= 15 is 0 Å². The van der Waals surface area contributed by atoms with E-state index in [9.17, 15) is 18.0 Å². The number of benzene rings is 1. The van der Waals surface area contributed by atoms with Gasteiger partial charge < -0.3 is 0 Å². The van der Waals surface area contributed by atoms with E-state index in [4.69, 9.17) is 0 Å². The molecule has 1 aliphatic rings. The largest absolute Gasteiger partial charge is 0.289 e. The van der Waals surface area contributed by atoms with Gasteiger partial charge in [0.15, 0.2) is 0 Å². The van der Waals surface area contributed by atoms with Gasteiger partial charge in [0.1, 0.15) is 6.54 Å². The van der Waals surface area contributed by atoms with Gasteiger partial charge in [-0.1, -0.05) is 15.9 Å². The highest BCUT2D eigenvalue weighted by molar-refractivity contribution is 9.10. The number of halogens is 1. The maximum Gasteiger partial charge on any atom is 0.261 e. The number of carbonyl (C=O) groups is 1. The third-order valence-corrected chi connectivity index (χ3v) is 5.82. The first-order valence-corrected chi connectivity index (χ1v) is 8.97. The van der Waals surface area contributed by atoms with E-state index in [1.54, 1.807) is 18.2 Å². The van der Waals surface area contributed by atoms with Crippen molar-refractivity contribution in [3.8, 4) is 0 Å². The summed E-state index contributed by atoms with van der Waals surface area (Å²) in [4.78, 5) is 28.6. The first-order chi connectivity index (χ1) is 10.4. The Labute approximate surface area is 134 Å². The van der Waals surface area contributed by atoms with Crippen LogP contribution in [0.3, 0.4) is 0 Å². The van der Waals surface area contributed by atoms with Crippen molar-refractivity contribution in [2.24, 2.45) is 0 Å². The molecule has 1 amide bonds. The van der Waals surface area contributed by atoms with E-state index in [2.05, 4.69) is 20.9 Å². The smallest absolute Gasteiger partial charge is 0.261 e. The predicted octanol–water partition coefficient (Wildman–Crippen LogP) is 0.721. The van der Waals surface area contributed by atoms with Gasteiger partial charge >= 0.3 is 0 Å². The molecule has 0 spiro atoms. The topological polar surface area (TPSA) is 89.3 Å². The summed E-state index contributed by atoms with van der Waals surface area (Å²) >= 11 is 3.28. The lowest BCUT2D eigenvalue weighted by molar-refractivity contribution is -0.126. The van der Waals surface area contributed by atoms with E-state index in [-0.39, 0.29) is 24.4 Å². The molecule has 0 aliphatic carbocycles. The summed E-state index contributed by atoms with van der Waals surface area (Å²) in [5, 5.41) is 0.369. The van der Waals surface area contributed by atoms with Crippen molar-refractivity contribution >= 4 is 42.8 Å². The molecule has 1 fully saturated rings. The van der Waals surface area contributed by atoms with Crippen molar-refractivity contribution < 1.29 is 13.2 Å². The van der Waals surface area contributed by atoms with Gasteiger partial charge in [-0.15, -0.1) is 0 Å². The average molecular weight is 386 g/mol. The highest BCUT2D eigenvalue weighted by Crippen LogP contribution is 2.16. The fourth-order valence-corrected chi connectivity index (χ4v) is 4.24. The van der Waals surface area contributed by atoms with E-state index in [0.717, 1.165) is 13.3 Å². The molecule has 7 nitrogen and oxygen atoms in total. The Morgan fingerprint density at radius 1 is 1.36 bits per heavy atom. The zero-order valence-corrected chi connectivity index (χ0v) is 13.8. The Kier molecular flexibility index (Phi) is 3.77. The highest BCUT2D eigenvalue weighted by atomic mass is 79.9. The van der Waals surface area contributed by atoms with Crippen molar-refractivity contribution in [1.82, 2.24) is 13.9 Å². The van der Waals surface area contributed by atoms with E-state index in [1.165, 1.54) is 6.33 Å². The zero-order chi connectivity index (χ0) is 15.9. The van der Waals surface area contributed by atoms with Gasteiger partial charge in [0.05, 0.1) is 23.0 Å². The standard InChI is InChI=1S/C13H12BrN3O4S/c14-9-2-3-11-10(6-9)13(19)16(8-15-11)7-12(18)17-4-1-5-22(17,20)21/h2-3,6,8H,1,4-5,7H2. The summed E-state index contributed by atoms with van der Waals surface area (Å²) in [5.74, 6) is -0.646. The summed E-state index contributed by atoms with van der Waals surface area (Å²) in [6.45, 7) is -0.171. The van der Waals surface area contributed by atoms with Gasteiger partial charge in [0, 0.05) is 11.0 Å². The third kappa shape index (κ3) is 2.66. The Balaban J connectivity index is 1.96. The zero-order valence-electron chi connectivity index (χ0n) is 11.4. The average Bonchev–Trinajstić information content (AvgIpc) is 2.82. The van der Waals surface area contributed by atoms with Crippen LogP contribution in [0.25, 0.3) is 10.9 Å². The van der Waals surface area contributed by atoms with Gasteiger partial charge in [0.2, 0.25) is 10.0 Å². The number of rotatable bonds is 2. The van der Waals surface area contributed by atoms with E-state index in [0.29, 0.717) is 17.3 Å². The van der Waals surface area contributed by atoms with Gasteiger partial charge in [-0.3, -0.25) is 14.2 Å². The van der Waals surface area contributed by atoms with Crippen LogP contribution in [0.1, 0.15) is 6.42 Å². The molecule has 22 heavy (non-hydrogen) atoms. The normalized spacial score (nSPS) is 17.0. The van der Waals surface area contributed by atoms with Crippen LogP contribution in [0.15, 0.2) is 33.8 Å². The Bertz CT molecular complexity index is 923. The molecule has 0 bridgehead atoms. The fourth-order valence-electron chi connectivity index (χ4n) is 2.39. The number of carbonyl (C=O) groups excluding carboxylic acids is 1. The number of fused-ring (bicyclic) bond motifs is 1. The van der Waals surface area contributed by atoms with Crippen molar-refractivity contribution in [2.45, 2.75) is 13.0 Å². The number of nitrogens with zero attached hydrogens (tertiary/aromatic N) is 3. The Morgan fingerprint density at radius 2 is 2.14 bits per heavy atom. The molecule has 0 N–H and O–H groups in total. The fraction of sp³-hybridized carbons (Fsp3) is 0.308. The molecule has 0 saturated carbocycles. The van der Waals surface area contributed by atoms with E-state index in [1.807, 2.05) is 0 Å². The van der Waals surface area contributed by atoms with Crippen LogP contribution in [-0.2, 0) is 21.4 Å². The number of amides is 1. The minimum atomic E-state index is -3.53. The molecule has 3 rings (SSSR count). The summed E-state index contributed by atoms with van der Waals surface area (Å²) in [5.41, 5.74) is 0.141. The van der Waals surface area contributed by atoms with Crippen molar-refractivity contribution in [3.63, 3.8) is 0 Å². The third-order valence-electron chi connectivity index (χ3n) is 3.47. The van der Waals surface area contributed by atoms with Gasteiger partial charge in [-0.25, -0.2) is 17.7 Å². The summed E-state index contributed by atoms with van der Waals surface area (Å²) in [6, 6.07) is 5.08. The molecule has 0 unspecified atom stereocenters. The summed E-state index contributed by atoms with van der Waals surface area (Å²) in [7, 11) is -3.53. The lowest BCUT2D eigenvalue weighted by Crippen LogP contribution is -2.37. The summed E-state index contributed by atoms with van der Waals surface area (Å²) in [6.07, 6.45) is 1.69. The second kappa shape index (κ2) is 5.47. The van der Waals surface area contributed by atoms with Gasteiger partial charge in [0.25, 0.3) is 11.5 Å². The molecule has 1 aliphatic heterocycles. The molecule has 9 heteroatoms. The quantitative estimate of drug-likeness (QED) is 0.759. The lowest BCUT2D eigenvalue weighted by Gasteiger charge is -2.15. The molecule has 1 aromatic heterocycles. The minimum Gasteiger partial charge on any atom is -0.289 e. The lowest BCUT2D eigenvalue weighted by atomic mass is 10.2. The molecule has 1 aromatic carbocycles. The predicted molar refractivity (Wildman–Crippen MR) is 83.8 cm³/mol. The first kappa shape index (κ1) is 15.2. The van der Waals surface area contributed by atoms with Gasteiger partial charge in [-0.05, 0) is 24.6 Å². The van der Waals surface area contributed by atoms with Crippen LogP contribution < -0.4 is 5.56 Å². The molecule has 0 radical (unpaired) electrons. The van der Waals surface area contributed by atoms with Crippen LogP contribution in [0, 0.1) is 0 Å². The van der Waals surface area contributed by atoms with Crippen LogP contribution in [0.5, 0.6) is 0 Å². The Hall–Kier alpha value is -1.74. The monoisotopic (exact) mass is 385 g/mol. The number of aromatic nitrogens is 2. The first-order valence-electron chi connectivity index (χ1n) is 6.56. The molecular formula is C13H12BrN3O4S. The van der Waals surface area contributed by atoms with E-state index < -0.39 is 15.9 Å². The molecule has 116 valence electrons. The highest BCUT2D eigenvalue weighted by Gasteiger charge is 2.32. The number of sulfonamides is 1. The SMILES string of the molecule is O=C(Cn1cnc2ccc(Br)cc2c1=O)N1CCCS1(=O)=O. The number of hydrogen-bond donors (Lipinski definition) is 0. The second-order valence-electron chi connectivity index (χ2n) is 4.97.